The van der Waals surface area contributed by atoms with Gasteiger partial charge in [0.25, 0.3) is 11.1 Å². The highest BCUT2D eigenvalue weighted by atomic mass is 19.4. The summed E-state index contributed by atoms with van der Waals surface area (Å²) >= 11 is 0. The Kier molecular flexibility index (Phi) is 7.58. The van der Waals surface area contributed by atoms with Crippen LogP contribution in [-0.4, -0.2) is 52.2 Å². The molecule has 0 aliphatic carbocycles. The maximum atomic E-state index is 13.5. The van der Waals surface area contributed by atoms with Crippen molar-refractivity contribution in [3.05, 3.63) is 81.5 Å². The zero-order valence-electron chi connectivity index (χ0n) is 20.5. The number of anilines is 2. The summed E-state index contributed by atoms with van der Waals surface area (Å²) in [5, 5.41) is 14.4. The van der Waals surface area contributed by atoms with Crippen molar-refractivity contribution < 1.29 is 37.3 Å². The fourth-order valence-corrected chi connectivity index (χ4v) is 3.78. The number of nitrogens with zero attached hydrogens (tertiary/aromatic N) is 4. The van der Waals surface area contributed by atoms with Crippen LogP contribution in [0.3, 0.4) is 0 Å². The van der Waals surface area contributed by atoms with Gasteiger partial charge < -0.3 is 23.9 Å². The molecule has 2 heterocycles. The highest BCUT2D eigenvalue weighted by molar-refractivity contribution is 6.05. The minimum absolute atomic E-state index is 0.000170. The second-order valence-corrected chi connectivity index (χ2v) is 8.03. The van der Waals surface area contributed by atoms with E-state index in [4.69, 9.17) is 9.47 Å². The summed E-state index contributed by atoms with van der Waals surface area (Å²) < 4.78 is 54.4. The van der Waals surface area contributed by atoms with E-state index >= 15 is 0 Å². The van der Waals surface area contributed by atoms with Crippen molar-refractivity contribution in [2.45, 2.75) is 6.36 Å². The van der Waals surface area contributed by atoms with Crippen molar-refractivity contribution in [2.24, 2.45) is 7.05 Å². The zero-order chi connectivity index (χ0) is 28.3. The van der Waals surface area contributed by atoms with Crippen LogP contribution in [0.5, 0.6) is 11.5 Å². The van der Waals surface area contributed by atoms with Crippen molar-refractivity contribution in [1.29, 1.82) is 0 Å². The molecule has 1 N–H and O–H groups in total. The van der Waals surface area contributed by atoms with Crippen molar-refractivity contribution in [1.82, 2.24) is 14.3 Å². The van der Waals surface area contributed by atoms with E-state index in [1.54, 1.807) is 0 Å². The molecule has 0 atom stereocenters. The van der Waals surface area contributed by atoms with E-state index in [-0.39, 0.29) is 46.9 Å². The van der Waals surface area contributed by atoms with E-state index in [0.717, 1.165) is 28.9 Å². The number of methoxy groups -OCH3 is 1. The Labute approximate surface area is 217 Å². The summed E-state index contributed by atoms with van der Waals surface area (Å²) in [6.45, 7) is 0.239. The van der Waals surface area contributed by atoms with E-state index in [9.17, 15) is 32.7 Å². The molecule has 0 saturated heterocycles. The van der Waals surface area contributed by atoms with Gasteiger partial charge in [0, 0.05) is 20.4 Å². The van der Waals surface area contributed by atoms with Gasteiger partial charge in [-0.1, -0.05) is 6.07 Å². The van der Waals surface area contributed by atoms with E-state index in [1.807, 2.05) is 0 Å². The van der Waals surface area contributed by atoms with Gasteiger partial charge in [-0.15, -0.1) is 18.3 Å². The molecular weight excluding hydrogens is 525 g/mol. The van der Waals surface area contributed by atoms with Crippen LogP contribution in [0.15, 0.2) is 70.4 Å². The lowest BCUT2D eigenvalue weighted by Gasteiger charge is -2.22. The number of amides is 1. The summed E-state index contributed by atoms with van der Waals surface area (Å²) in [6, 6.07) is 11.4. The lowest BCUT2D eigenvalue weighted by atomic mass is 10.1. The number of fused-ring (bicyclic) bond motifs is 1. The Hall–Kier alpha value is -4.85. The third kappa shape index (κ3) is 5.70. The first-order valence-corrected chi connectivity index (χ1v) is 11.2. The molecule has 0 spiro atoms. The van der Waals surface area contributed by atoms with Crippen LogP contribution in [-0.2, 0) is 11.8 Å². The first-order chi connectivity index (χ1) is 18.5. The van der Waals surface area contributed by atoms with E-state index in [1.165, 1.54) is 55.3 Å². The van der Waals surface area contributed by atoms with Gasteiger partial charge in [-0.25, -0.2) is 9.69 Å². The number of pyridine rings is 1. The summed E-state index contributed by atoms with van der Waals surface area (Å²) in [6.07, 6.45) is -5.07. The van der Waals surface area contributed by atoms with Crippen LogP contribution in [0, 0.1) is 0 Å². The van der Waals surface area contributed by atoms with Crippen LogP contribution in [0.4, 0.5) is 29.5 Å². The molecule has 0 aliphatic heterocycles. The third-order valence-corrected chi connectivity index (χ3v) is 5.47. The number of alkyl halides is 3. The Morgan fingerprint density at radius 1 is 1.03 bits per heavy atom. The van der Waals surface area contributed by atoms with Crippen molar-refractivity contribution in [3.8, 4) is 17.2 Å². The Balaban J connectivity index is 2.01. The van der Waals surface area contributed by atoms with Crippen LogP contribution >= 0.6 is 0 Å². The molecule has 39 heavy (non-hydrogen) atoms. The molecule has 2 aromatic heterocycles. The second kappa shape index (κ2) is 10.9. The third-order valence-electron chi connectivity index (χ3n) is 5.47. The molecular formula is C25H21F3N4O7. The average Bonchev–Trinajstić information content (AvgIpc) is 2.88. The molecule has 4 rings (SSSR count). The SMILES string of the molecule is COCCOc1cccc2c(=O)n(-c3ccc(OC(F)(F)F)cc3)nc(N(C(=O)O)c3cccn(C)c3=O)c12. The smallest absolute Gasteiger partial charge is 0.490 e. The predicted molar refractivity (Wildman–Crippen MR) is 133 cm³/mol. The highest BCUT2D eigenvalue weighted by Gasteiger charge is 2.31. The molecule has 0 saturated carbocycles. The molecule has 4 aromatic rings. The first-order valence-electron chi connectivity index (χ1n) is 11.2. The summed E-state index contributed by atoms with van der Waals surface area (Å²) in [7, 11) is 2.89. The zero-order valence-corrected chi connectivity index (χ0v) is 20.5. The standard InChI is InChI=1S/C25H21F3N4O7/c1-30-12-4-6-18(23(30)34)31(24(35)36)21-20-17(5-3-7-19(20)38-14-13-37-2)22(33)32(29-21)15-8-10-16(11-9-15)39-25(26,27)28/h3-12H,13-14H2,1-2H3,(H,35,36). The summed E-state index contributed by atoms with van der Waals surface area (Å²) in [5.41, 5.74) is -1.66. The highest BCUT2D eigenvalue weighted by Crippen LogP contribution is 2.35. The quantitative estimate of drug-likeness (QED) is 0.331. The van der Waals surface area contributed by atoms with E-state index < -0.39 is 29.3 Å². The number of carbonyl (C=O) groups is 1. The Morgan fingerprint density at radius 2 is 1.74 bits per heavy atom. The van der Waals surface area contributed by atoms with Crippen LogP contribution in [0.2, 0.25) is 0 Å². The number of hydrogen-bond donors (Lipinski definition) is 1. The maximum absolute atomic E-state index is 13.5. The number of rotatable bonds is 8. The number of aryl methyl sites for hydroxylation is 1. The molecule has 1 amide bonds. The van der Waals surface area contributed by atoms with Gasteiger partial charge in [0.1, 0.15) is 23.8 Å². The predicted octanol–water partition coefficient (Wildman–Crippen LogP) is 3.82. The van der Waals surface area contributed by atoms with Gasteiger partial charge in [0.2, 0.25) is 0 Å². The molecule has 0 unspecified atom stereocenters. The number of halogens is 3. The number of ether oxygens (including phenoxy) is 3. The minimum Gasteiger partial charge on any atom is -0.490 e. The maximum Gasteiger partial charge on any atom is 0.573 e. The van der Waals surface area contributed by atoms with Crippen molar-refractivity contribution in [3.63, 3.8) is 0 Å². The Morgan fingerprint density at radius 3 is 2.38 bits per heavy atom. The van der Waals surface area contributed by atoms with Crippen molar-refractivity contribution in [2.75, 3.05) is 25.2 Å². The molecule has 0 bridgehead atoms. The van der Waals surface area contributed by atoms with E-state index in [2.05, 4.69) is 9.84 Å². The normalized spacial score (nSPS) is 11.4. The Bertz CT molecular complexity index is 1630. The topological polar surface area (TPSA) is 125 Å². The lowest BCUT2D eigenvalue weighted by molar-refractivity contribution is -0.274. The second-order valence-electron chi connectivity index (χ2n) is 8.03. The molecule has 14 heteroatoms. The van der Waals surface area contributed by atoms with Crippen LogP contribution < -0.4 is 25.5 Å². The lowest BCUT2D eigenvalue weighted by Crippen LogP contribution is -2.34. The average molecular weight is 546 g/mol. The monoisotopic (exact) mass is 546 g/mol. The van der Waals surface area contributed by atoms with Gasteiger partial charge in [0.15, 0.2) is 5.82 Å². The van der Waals surface area contributed by atoms with Gasteiger partial charge >= 0.3 is 12.5 Å². The number of benzene rings is 2. The number of carboxylic acid groups (broad SMARTS) is 1. The van der Waals surface area contributed by atoms with E-state index in [0.29, 0.717) is 4.90 Å². The molecule has 0 fully saturated rings. The van der Waals surface area contributed by atoms with Crippen LogP contribution in [0.1, 0.15) is 0 Å². The van der Waals surface area contributed by atoms with Gasteiger partial charge in [0.05, 0.1) is 23.1 Å². The van der Waals surface area contributed by atoms with Crippen molar-refractivity contribution >= 4 is 28.4 Å². The largest absolute Gasteiger partial charge is 0.573 e. The molecule has 204 valence electrons. The van der Waals surface area contributed by atoms with Crippen LogP contribution in [0.25, 0.3) is 16.5 Å². The van der Waals surface area contributed by atoms with Gasteiger partial charge in [-0.2, -0.15) is 4.68 Å². The summed E-state index contributed by atoms with van der Waals surface area (Å²) in [4.78, 5) is 39.6. The molecule has 0 aliphatic rings. The minimum atomic E-state index is -4.92. The first kappa shape index (κ1) is 27.2. The summed E-state index contributed by atoms with van der Waals surface area (Å²) in [5.74, 6) is -0.776. The number of hydrogen-bond acceptors (Lipinski definition) is 7. The molecule has 11 nitrogen and oxygen atoms in total. The number of aromatic nitrogens is 3. The van der Waals surface area contributed by atoms with Gasteiger partial charge in [-0.3, -0.25) is 9.59 Å². The molecule has 0 radical (unpaired) electrons. The fourth-order valence-electron chi connectivity index (χ4n) is 3.78. The van der Waals surface area contributed by atoms with Gasteiger partial charge in [-0.05, 0) is 48.5 Å². The fraction of sp³-hybridized carbons (Fsp3) is 0.200. The molecule has 2 aromatic carbocycles.